The second kappa shape index (κ2) is 4.52. The van der Waals surface area contributed by atoms with Gasteiger partial charge in [-0.1, -0.05) is 18.2 Å². The SMILES string of the molecule is COc1ccc2cc(C3C(=N)NC(=O)N3C)ccc2c1. The smallest absolute Gasteiger partial charge is 0.323 e. The van der Waals surface area contributed by atoms with Gasteiger partial charge in [0, 0.05) is 7.05 Å². The minimum Gasteiger partial charge on any atom is -0.497 e. The molecule has 1 atom stereocenters. The predicted molar refractivity (Wildman–Crippen MR) is 77.3 cm³/mol. The summed E-state index contributed by atoms with van der Waals surface area (Å²) in [5, 5.41) is 12.5. The van der Waals surface area contributed by atoms with Crippen LogP contribution in [0.5, 0.6) is 5.75 Å². The lowest BCUT2D eigenvalue weighted by molar-refractivity contribution is 0.217. The Labute approximate surface area is 116 Å². The normalized spacial score (nSPS) is 18.5. The van der Waals surface area contributed by atoms with Gasteiger partial charge in [0.2, 0.25) is 0 Å². The van der Waals surface area contributed by atoms with Gasteiger partial charge >= 0.3 is 6.03 Å². The van der Waals surface area contributed by atoms with Crippen molar-refractivity contribution in [3.63, 3.8) is 0 Å². The molecular weight excluding hydrogens is 254 g/mol. The van der Waals surface area contributed by atoms with E-state index in [-0.39, 0.29) is 17.9 Å². The Bertz CT molecular complexity index is 711. The molecule has 2 N–H and O–H groups in total. The lowest BCUT2D eigenvalue weighted by atomic mass is 10.0. The van der Waals surface area contributed by atoms with E-state index in [1.54, 1.807) is 14.2 Å². The van der Waals surface area contributed by atoms with Gasteiger partial charge in [-0.2, -0.15) is 0 Å². The molecule has 0 aromatic heterocycles. The Morgan fingerprint density at radius 1 is 1.20 bits per heavy atom. The maximum atomic E-state index is 11.6. The van der Waals surface area contributed by atoms with E-state index in [1.807, 2.05) is 36.4 Å². The highest BCUT2D eigenvalue weighted by Gasteiger charge is 2.33. The van der Waals surface area contributed by atoms with Crippen molar-refractivity contribution in [2.45, 2.75) is 6.04 Å². The highest BCUT2D eigenvalue weighted by molar-refractivity contribution is 6.06. The third-order valence-electron chi connectivity index (χ3n) is 3.61. The number of likely N-dealkylation sites (N-methyl/N-ethyl adjacent to an activating group) is 1. The lowest BCUT2D eigenvalue weighted by Crippen LogP contribution is -2.25. The van der Waals surface area contributed by atoms with E-state index in [4.69, 9.17) is 10.1 Å². The Hall–Kier alpha value is -2.56. The molecule has 20 heavy (non-hydrogen) atoms. The monoisotopic (exact) mass is 269 g/mol. The molecule has 3 rings (SSSR count). The van der Waals surface area contributed by atoms with Gasteiger partial charge in [-0.3, -0.25) is 10.7 Å². The minimum atomic E-state index is -0.339. The first-order valence-corrected chi connectivity index (χ1v) is 6.30. The van der Waals surface area contributed by atoms with E-state index < -0.39 is 0 Å². The number of amides is 2. The summed E-state index contributed by atoms with van der Waals surface area (Å²) in [5.74, 6) is 1.03. The van der Waals surface area contributed by atoms with Gasteiger partial charge in [-0.15, -0.1) is 0 Å². The lowest BCUT2D eigenvalue weighted by Gasteiger charge is -2.18. The molecule has 0 saturated carbocycles. The number of ether oxygens (including phenoxy) is 1. The maximum absolute atomic E-state index is 11.6. The van der Waals surface area contributed by atoms with Crippen molar-refractivity contribution in [2.24, 2.45) is 0 Å². The number of nitrogens with one attached hydrogen (secondary N) is 2. The van der Waals surface area contributed by atoms with E-state index in [0.717, 1.165) is 22.1 Å². The largest absolute Gasteiger partial charge is 0.497 e. The quantitative estimate of drug-likeness (QED) is 0.879. The van der Waals surface area contributed by atoms with Gasteiger partial charge < -0.3 is 9.64 Å². The molecule has 2 aromatic carbocycles. The third kappa shape index (κ3) is 1.87. The molecule has 0 radical (unpaired) electrons. The summed E-state index contributed by atoms with van der Waals surface area (Å²) in [4.78, 5) is 13.1. The van der Waals surface area contributed by atoms with Crippen molar-refractivity contribution in [3.8, 4) is 5.75 Å². The van der Waals surface area contributed by atoms with Crippen LogP contribution in [0.1, 0.15) is 11.6 Å². The van der Waals surface area contributed by atoms with Crippen LogP contribution in [-0.2, 0) is 0 Å². The number of urea groups is 1. The number of fused-ring (bicyclic) bond motifs is 1. The van der Waals surface area contributed by atoms with Crippen LogP contribution in [0, 0.1) is 5.41 Å². The molecule has 1 aliphatic rings. The summed E-state index contributed by atoms with van der Waals surface area (Å²) in [6, 6.07) is 11.2. The van der Waals surface area contributed by atoms with E-state index >= 15 is 0 Å². The second-order valence-electron chi connectivity index (χ2n) is 4.83. The van der Waals surface area contributed by atoms with Crippen molar-refractivity contribution in [1.29, 1.82) is 5.41 Å². The fourth-order valence-electron chi connectivity index (χ4n) is 2.51. The molecule has 0 bridgehead atoms. The molecule has 1 aliphatic heterocycles. The van der Waals surface area contributed by atoms with Crippen molar-refractivity contribution >= 4 is 22.6 Å². The molecule has 102 valence electrons. The zero-order valence-electron chi connectivity index (χ0n) is 11.3. The van der Waals surface area contributed by atoms with Gasteiger partial charge in [0.05, 0.1) is 7.11 Å². The number of hydrogen-bond donors (Lipinski definition) is 2. The van der Waals surface area contributed by atoms with Crippen LogP contribution in [0.2, 0.25) is 0 Å². The zero-order valence-corrected chi connectivity index (χ0v) is 11.3. The van der Waals surface area contributed by atoms with Crippen LogP contribution in [-0.4, -0.2) is 30.9 Å². The summed E-state index contributed by atoms with van der Waals surface area (Å²) < 4.78 is 5.20. The van der Waals surface area contributed by atoms with E-state index in [0.29, 0.717) is 0 Å². The molecular formula is C15H15N3O2. The number of hydrogen-bond acceptors (Lipinski definition) is 3. The van der Waals surface area contributed by atoms with Crippen LogP contribution >= 0.6 is 0 Å². The molecule has 0 aliphatic carbocycles. The second-order valence-corrected chi connectivity index (χ2v) is 4.83. The Morgan fingerprint density at radius 2 is 1.90 bits per heavy atom. The average Bonchev–Trinajstić information content (AvgIpc) is 2.71. The van der Waals surface area contributed by atoms with Crippen molar-refractivity contribution in [2.75, 3.05) is 14.2 Å². The number of methoxy groups -OCH3 is 1. The fourth-order valence-corrected chi connectivity index (χ4v) is 2.51. The van der Waals surface area contributed by atoms with Gasteiger partial charge in [-0.05, 0) is 34.5 Å². The van der Waals surface area contributed by atoms with Crippen LogP contribution in [0.3, 0.4) is 0 Å². The minimum absolute atomic E-state index is 0.213. The molecule has 1 fully saturated rings. The van der Waals surface area contributed by atoms with Gasteiger partial charge in [-0.25, -0.2) is 4.79 Å². The Kier molecular flexibility index (Phi) is 2.82. The molecule has 2 aromatic rings. The Morgan fingerprint density at radius 3 is 2.55 bits per heavy atom. The molecule has 5 nitrogen and oxygen atoms in total. The van der Waals surface area contributed by atoms with Crippen molar-refractivity contribution in [1.82, 2.24) is 10.2 Å². The first-order valence-electron chi connectivity index (χ1n) is 6.30. The molecule has 1 saturated heterocycles. The molecule has 0 spiro atoms. The summed E-state index contributed by atoms with van der Waals surface area (Å²) in [6.45, 7) is 0. The van der Waals surface area contributed by atoms with Crippen LogP contribution in [0.25, 0.3) is 10.8 Å². The molecule has 5 heteroatoms. The number of nitrogens with zero attached hydrogens (tertiary/aromatic N) is 1. The van der Waals surface area contributed by atoms with Gasteiger partial charge in [0.15, 0.2) is 0 Å². The van der Waals surface area contributed by atoms with Gasteiger partial charge in [0.1, 0.15) is 17.6 Å². The highest BCUT2D eigenvalue weighted by atomic mass is 16.5. The number of carbonyl (C=O) groups excluding carboxylic acids is 1. The topological polar surface area (TPSA) is 65.4 Å². The van der Waals surface area contributed by atoms with Crippen molar-refractivity contribution in [3.05, 3.63) is 42.0 Å². The number of carbonyl (C=O) groups is 1. The molecule has 1 unspecified atom stereocenters. The predicted octanol–water partition coefficient (Wildman–Crippen LogP) is 2.52. The van der Waals surface area contributed by atoms with E-state index in [2.05, 4.69) is 5.32 Å². The van der Waals surface area contributed by atoms with Gasteiger partial charge in [0.25, 0.3) is 0 Å². The van der Waals surface area contributed by atoms with Crippen LogP contribution in [0.4, 0.5) is 4.79 Å². The number of rotatable bonds is 2. The molecule has 1 heterocycles. The third-order valence-corrected chi connectivity index (χ3v) is 3.61. The van der Waals surface area contributed by atoms with Crippen LogP contribution in [0.15, 0.2) is 36.4 Å². The maximum Gasteiger partial charge on any atom is 0.323 e. The highest BCUT2D eigenvalue weighted by Crippen LogP contribution is 2.28. The summed E-state index contributed by atoms with van der Waals surface area (Å²) in [6.07, 6.45) is 0. The van der Waals surface area contributed by atoms with E-state index in [1.165, 1.54) is 4.90 Å². The summed E-state index contributed by atoms with van der Waals surface area (Å²) >= 11 is 0. The zero-order chi connectivity index (χ0) is 14.3. The Balaban J connectivity index is 2.05. The average molecular weight is 269 g/mol. The van der Waals surface area contributed by atoms with Crippen LogP contribution < -0.4 is 10.1 Å². The fraction of sp³-hybridized carbons (Fsp3) is 0.200. The standard InChI is InChI=1S/C15H15N3O2/c1-18-13(14(16)17-15(18)19)11-4-3-10-8-12(20-2)6-5-9(10)7-11/h3-8,13H,1-2H3,(H2,16,17,19). The van der Waals surface area contributed by atoms with Crippen molar-refractivity contribution < 1.29 is 9.53 Å². The molecule has 2 amide bonds. The first-order chi connectivity index (χ1) is 9.60. The number of amidine groups is 1. The van der Waals surface area contributed by atoms with E-state index in [9.17, 15) is 4.79 Å². The summed E-state index contributed by atoms with van der Waals surface area (Å²) in [7, 11) is 3.33. The number of benzene rings is 2. The summed E-state index contributed by atoms with van der Waals surface area (Å²) in [5.41, 5.74) is 0.925. The first kappa shape index (κ1) is 12.5.